The van der Waals surface area contributed by atoms with E-state index in [0.717, 1.165) is 35.3 Å². The number of hydrogen-bond donors (Lipinski definition) is 1. The molecule has 2 rings (SSSR count). The number of hydrazone groups is 1. The molecule has 1 aliphatic rings. The van der Waals surface area contributed by atoms with Gasteiger partial charge in [-0.2, -0.15) is 5.10 Å². The van der Waals surface area contributed by atoms with Crippen molar-refractivity contribution in [3.63, 3.8) is 0 Å². The molecule has 1 aliphatic carbocycles. The van der Waals surface area contributed by atoms with Crippen molar-refractivity contribution < 1.29 is 9.53 Å². The molecule has 0 heterocycles. The van der Waals surface area contributed by atoms with E-state index in [4.69, 9.17) is 4.74 Å². The SMILES string of the molecule is C=C(C)[C@H]1CC=C(C)/C(=N\NC(=O)COc2ccc(C)cc2)C1. The molecule has 0 fully saturated rings. The molecule has 0 radical (unpaired) electrons. The number of rotatable bonds is 5. The quantitative estimate of drug-likeness (QED) is 0.664. The molecule has 1 amide bonds. The molecule has 0 saturated carbocycles. The standard InChI is InChI=1S/C19H24N2O2/c1-13(2)16-8-7-15(4)18(11-16)20-21-19(22)12-23-17-9-5-14(3)6-10-17/h5-7,9-10,16H,1,8,11-12H2,2-4H3,(H,21,22)/b20-18-/t16-/m0/s1. The molecule has 0 saturated heterocycles. The molecule has 1 aromatic rings. The minimum Gasteiger partial charge on any atom is -0.484 e. The molecule has 4 heteroatoms. The molecule has 122 valence electrons. The van der Waals surface area contributed by atoms with Crippen LogP contribution in [0.15, 0.2) is 53.2 Å². The number of nitrogens with one attached hydrogen (secondary N) is 1. The van der Waals surface area contributed by atoms with Gasteiger partial charge in [0.25, 0.3) is 5.91 Å². The molecule has 1 aromatic carbocycles. The van der Waals surface area contributed by atoms with E-state index in [1.54, 1.807) is 0 Å². The monoisotopic (exact) mass is 312 g/mol. The maximum atomic E-state index is 11.9. The Bertz CT molecular complexity index is 642. The molecule has 1 N–H and O–H groups in total. The lowest BCUT2D eigenvalue weighted by atomic mass is 9.85. The summed E-state index contributed by atoms with van der Waals surface area (Å²) in [7, 11) is 0. The fourth-order valence-corrected chi connectivity index (χ4v) is 2.37. The lowest BCUT2D eigenvalue weighted by molar-refractivity contribution is -0.123. The molecule has 23 heavy (non-hydrogen) atoms. The summed E-state index contributed by atoms with van der Waals surface area (Å²) in [5.41, 5.74) is 6.90. The Morgan fingerprint density at radius 1 is 1.35 bits per heavy atom. The second-order valence-electron chi connectivity index (χ2n) is 6.07. The van der Waals surface area contributed by atoms with Gasteiger partial charge in [-0.05, 0) is 57.2 Å². The zero-order valence-electron chi connectivity index (χ0n) is 14.1. The van der Waals surface area contributed by atoms with Crippen LogP contribution in [0.2, 0.25) is 0 Å². The molecule has 1 atom stereocenters. The third-order valence-electron chi connectivity index (χ3n) is 4.01. The number of ether oxygens (including phenoxy) is 1. The Balaban J connectivity index is 1.87. The lowest BCUT2D eigenvalue weighted by Crippen LogP contribution is -2.27. The average molecular weight is 312 g/mol. The molecule has 4 nitrogen and oxygen atoms in total. The van der Waals surface area contributed by atoms with Crippen molar-refractivity contribution in [2.75, 3.05) is 6.61 Å². The normalized spacial score (nSPS) is 19.2. The van der Waals surface area contributed by atoms with Crippen LogP contribution in [0.4, 0.5) is 0 Å². The summed E-state index contributed by atoms with van der Waals surface area (Å²) < 4.78 is 5.44. The highest BCUT2D eigenvalue weighted by molar-refractivity contribution is 6.01. The smallest absolute Gasteiger partial charge is 0.277 e. The first-order valence-electron chi connectivity index (χ1n) is 7.83. The van der Waals surface area contributed by atoms with Gasteiger partial charge in [0.1, 0.15) is 5.75 Å². The molecule has 0 bridgehead atoms. The molecular weight excluding hydrogens is 288 g/mol. The molecule has 0 unspecified atom stereocenters. The van der Waals surface area contributed by atoms with Gasteiger partial charge in [-0.3, -0.25) is 4.79 Å². The molecule has 0 spiro atoms. The summed E-state index contributed by atoms with van der Waals surface area (Å²) in [4.78, 5) is 11.9. The lowest BCUT2D eigenvalue weighted by Gasteiger charge is -2.22. The van der Waals surface area contributed by atoms with Crippen molar-refractivity contribution >= 4 is 11.6 Å². The van der Waals surface area contributed by atoms with Crippen LogP contribution in [0, 0.1) is 12.8 Å². The molecule has 0 aromatic heterocycles. The van der Waals surface area contributed by atoms with Crippen molar-refractivity contribution in [1.82, 2.24) is 5.43 Å². The van der Waals surface area contributed by atoms with Gasteiger partial charge in [-0.1, -0.05) is 35.9 Å². The Hall–Kier alpha value is -2.36. The van der Waals surface area contributed by atoms with E-state index in [0.29, 0.717) is 11.7 Å². The fraction of sp³-hybridized carbons (Fsp3) is 0.368. The van der Waals surface area contributed by atoms with Gasteiger partial charge in [0.15, 0.2) is 6.61 Å². The molecule has 0 aliphatic heterocycles. The Labute approximate surface area is 137 Å². The Morgan fingerprint density at radius 2 is 2.04 bits per heavy atom. The van der Waals surface area contributed by atoms with Crippen molar-refractivity contribution in [2.45, 2.75) is 33.6 Å². The minimum atomic E-state index is -0.261. The zero-order valence-corrected chi connectivity index (χ0v) is 14.1. The van der Waals surface area contributed by atoms with Gasteiger partial charge >= 0.3 is 0 Å². The third-order valence-corrected chi connectivity index (χ3v) is 4.01. The van der Waals surface area contributed by atoms with Crippen LogP contribution in [0.1, 0.15) is 32.3 Å². The van der Waals surface area contributed by atoms with Gasteiger partial charge in [0.2, 0.25) is 0 Å². The first kappa shape index (κ1) is 17.0. The van der Waals surface area contributed by atoms with E-state index < -0.39 is 0 Å². The van der Waals surface area contributed by atoms with Gasteiger partial charge in [0.05, 0.1) is 5.71 Å². The maximum absolute atomic E-state index is 11.9. The number of carbonyl (C=O) groups is 1. The average Bonchev–Trinajstić information content (AvgIpc) is 2.53. The predicted molar refractivity (Wildman–Crippen MR) is 93.5 cm³/mol. The summed E-state index contributed by atoms with van der Waals surface area (Å²) in [6.07, 6.45) is 3.96. The van der Waals surface area contributed by atoms with Crippen LogP contribution in [-0.2, 0) is 4.79 Å². The van der Waals surface area contributed by atoms with Crippen molar-refractivity contribution in [3.8, 4) is 5.75 Å². The fourth-order valence-electron chi connectivity index (χ4n) is 2.37. The second-order valence-corrected chi connectivity index (χ2v) is 6.07. The Kier molecular flexibility index (Phi) is 5.74. The zero-order chi connectivity index (χ0) is 16.8. The van der Waals surface area contributed by atoms with Gasteiger partial charge in [0, 0.05) is 0 Å². The predicted octanol–water partition coefficient (Wildman–Crippen LogP) is 3.78. The van der Waals surface area contributed by atoms with Crippen LogP contribution in [0.25, 0.3) is 0 Å². The van der Waals surface area contributed by atoms with E-state index in [1.807, 2.05) is 45.0 Å². The highest BCUT2D eigenvalue weighted by Gasteiger charge is 2.18. The van der Waals surface area contributed by atoms with E-state index >= 15 is 0 Å². The van der Waals surface area contributed by atoms with Gasteiger partial charge in [-0.25, -0.2) is 5.43 Å². The second kappa shape index (κ2) is 7.77. The summed E-state index contributed by atoms with van der Waals surface area (Å²) in [6.45, 7) is 10.0. The largest absolute Gasteiger partial charge is 0.484 e. The number of amides is 1. The number of carbonyl (C=O) groups excluding carboxylic acids is 1. The van der Waals surface area contributed by atoms with E-state index in [1.165, 1.54) is 0 Å². The Morgan fingerprint density at radius 3 is 2.70 bits per heavy atom. The summed E-state index contributed by atoms with van der Waals surface area (Å²) in [6, 6.07) is 7.59. The number of allylic oxidation sites excluding steroid dienone is 3. The highest BCUT2D eigenvalue weighted by atomic mass is 16.5. The van der Waals surface area contributed by atoms with Crippen LogP contribution >= 0.6 is 0 Å². The van der Waals surface area contributed by atoms with E-state index in [2.05, 4.69) is 23.2 Å². The first-order valence-corrected chi connectivity index (χ1v) is 7.83. The van der Waals surface area contributed by atoms with Crippen molar-refractivity contribution in [2.24, 2.45) is 11.0 Å². The third kappa shape index (κ3) is 5.09. The number of benzene rings is 1. The van der Waals surface area contributed by atoms with Crippen LogP contribution in [-0.4, -0.2) is 18.2 Å². The summed E-state index contributed by atoms with van der Waals surface area (Å²) >= 11 is 0. The minimum absolute atomic E-state index is 0.0491. The highest BCUT2D eigenvalue weighted by Crippen LogP contribution is 2.26. The van der Waals surface area contributed by atoms with E-state index in [9.17, 15) is 4.79 Å². The van der Waals surface area contributed by atoms with Crippen molar-refractivity contribution in [3.05, 3.63) is 53.6 Å². The van der Waals surface area contributed by atoms with Crippen LogP contribution in [0.3, 0.4) is 0 Å². The number of hydrogen-bond acceptors (Lipinski definition) is 3. The van der Waals surface area contributed by atoms with Crippen LogP contribution in [0.5, 0.6) is 5.75 Å². The van der Waals surface area contributed by atoms with Crippen molar-refractivity contribution in [1.29, 1.82) is 0 Å². The van der Waals surface area contributed by atoms with E-state index in [-0.39, 0.29) is 12.5 Å². The maximum Gasteiger partial charge on any atom is 0.277 e. The number of aryl methyl sites for hydroxylation is 1. The summed E-state index contributed by atoms with van der Waals surface area (Å²) in [5.74, 6) is 0.816. The van der Waals surface area contributed by atoms with Gasteiger partial charge < -0.3 is 4.74 Å². The topological polar surface area (TPSA) is 50.7 Å². The molecular formula is C19H24N2O2. The number of nitrogens with zero attached hydrogens (tertiary/aromatic N) is 1. The van der Waals surface area contributed by atoms with Gasteiger partial charge in [-0.15, -0.1) is 0 Å². The summed E-state index contributed by atoms with van der Waals surface area (Å²) in [5, 5.41) is 4.25. The first-order chi connectivity index (χ1) is 11.0. The van der Waals surface area contributed by atoms with Crippen LogP contribution < -0.4 is 10.2 Å².